The Labute approximate surface area is 124 Å². The summed E-state index contributed by atoms with van der Waals surface area (Å²) in [5, 5.41) is 11.6. The van der Waals surface area contributed by atoms with Crippen molar-refractivity contribution in [2.75, 3.05) is 13.1 Å². The van der Waals surface area contributed by atoms with E-state index in [2.05, 4.69) is 5.32 Å². The third-order valence-electron chi connectivity index (χ3n) is 3.65. The van der Waals surface area contributed by atoms with Gasteiger partial charge in [-0.05, 0) is 31.1 Å². The van der Waals surface area contributed by atoms with Gasteiger partial charge in [-0.1, -0.05) is 13.8 Å². The number of carboxylic acids is 1. The van der Waals surface area contributed by atoms with Gasteiger partial charge in [0.25, 0.3) is 0 Å². The second-order valence-electron chi connectivity index (χ2n) is 6.03. The zero-order valence-corrected chi connectivity index (χ0v) is 12.7. The lowest BCUT2D eigenvalue weighted by Gasteiger charge is -2.24. The van der Waals surface area contributed by atoms with Gasteiger partial charge in [-0.2, -0.15) is 0 Å². The summed E-state index contributed by atoms with van der Waals surface area (Å²) in [5.74, 6) is -1.12. The fraction of sp³-hybridized carbons (Fsp3) is 0.786. The van der Waals surface area contributed by atoms with E-state index in [0.29, 0.717) is 25.4 Å². The second kappa shape index (κ2) is 7.85. The number of rotatable bonds is 7. The highest BCUT2D eigenvalue weighted by molar-refractivity contribution is 5.86. The molecular weight excluding hydrogens is 274 g/mol. The lowest BCUT2D eigenvalue weighted by Crippen LogP contribution is -2.49. The Morgan fingerprint density at radius 3 is 2.57 bits per heavy atom. The Balaban J connectivity index is 2.52. The summed E-state index contributed by atoms with van der Waals surface area (Å²) in [6.45, 7) is 4.83. The summed E-state index contributed by atoms with van der Waals surface area (Å²) < 4.78 is 0. The number of urea groups is 1. The van der Waals surface area contributed by atoms with E-state index in [0.717, 1.165) is 12.8 Å². The van der Waals surface area contributed by atoms with E-state index in [-0.39, 0.29) is 18.4 Å². The minimum absolute atomic E-state index is 0.0255. The molecule has 1 saturated heterocycles. The highest BCUT2D eigenvalue weighted by atomic mass is 16.4. The fourth-order valence-electron chi connectivity index (χ4n) is 2.79. The lowest BCUT2D eigenvalue weighted by molar-refractivity contribution is -0.138. The van der Waals surface area contributed by atoms with Crippen LogP contribution in [0, 0.1) is 11.8 Å². The minimum atomic E-state index is -0.869. The molecule has 7 heteroatoms. The summed E-state index contributed by atoms with van der Waals surface area (Å²) in [5.41, 5.74) is 5.28. The van der Waals surface area contributed by atoms with Crippen LogP contribution in [0.25, 0.3) is 0 Å². The molecule has 0 bridgehead atoms. The Morgan fingerprint density at radius 1 is 1.38 bits per heavy atom. The first-order valence-corrected chi connectivity index (χ1v) is 7.36. The number of nitrogens with zero attached hydrogens (tertiary/aromatic N) is 1. The van der Waals surface area contributed by atoms with Crippen molar-refractivity contribution >= 4 is 17.9 Å². The molecule has 21 heavy (non-hydrogen) atoms. The van der Waals surface area contributed by atoms with Gasteiger partial charge >= 0.3 is 12.0 Å². The highest BCUT2D eigenvalue weighted by Crippen LogP contribution is 2.18. The van der Waals surface area contributed by atoms with Gasteiger partial charge in [-0.15, -0.1) is 0 Å². The Kier molecular flexibility index (Phi) is 6.45. The molecule has 1 aliphatic rings. The van der Waals surface area contributed by atoms with Gasteiger partial charge in [0.1, 0.15) is 6.04 Å². The van der Waals surface area contributed by atoms with Crippen molar-refractivity contribution in [3.63, 3.8) is 0 Å². The van der Waals surface area contributed by atoms with Gasteiger partial charge in [0, 0.05) is 19.5 Å². The molecule has 1 rings (SSSR count). The molecule has 2 atom stereocenters. The van der Waals surface area contributed by atoms with Gasteiger partial charge in [0.05, 0.1) is 0 Å². The number of nitrogens with two attached hydrogens (primary N) is 1. The number of aliphatic carboxylic acids is 1. The molecule has 1 fully saturated rings. The molecule has 1 unspecified atom stereocenters. The number of primary amides is 1. The maximum atomic E-state index is 12.1. The van der Waals surface area contributed by atoms with Crippen LogP contribution in [0.4, 0.5) is 4.79 Å². The summed E-state index contributed by atoms with van der Waals surface area (Å²) in [6.07, 6.45) is 2.10. The molecule has 0 aromatic rings. The van der Waals surface area contributed by atoms with Crippen LogP contribution in [0.15, 0.2) is 0 Å². The lowest BCUT2D eigenvalue weighted by atomic mass is 9.94. The van der Waals surface area contributed by atoms with Crippen LogP contribution >= 0.6 is 0 Å². The number of hydrogen-bond donors (Lipinski definition) is 3. The van der Waals surface area contributed by atoms with Crippen molar-refractivity contribution in [1.82, 2.24) is 10.2 Å². The van der Waals surface area contributed by atoms with Gasteiger partial charge < -0.3 is 21.1 Å². The van der Waals surface area contributed by atoms with E-state index in [1.165, 1.54) is 4.90 Å². The zero-order valence-electron chi connectivity index (χ0n) is 12.7. The van der Waals surface area contributed by atoms with E-state index < -0.39 is 17.9 Å². The molecule has 0 aromatic heterocycles. The van der Waals surface area contributed by atoms with Crippen molar-refractivity contribution < 1.29 is 19.5 Å². The zero-order chi connectivity index (χ0) is 16.0. The van der Waals surface area contributed by atoms with E-state index in [4.69, 9.17) is 10.8 Å². The third kappa shape index (κ3) is 5.61. The number of hydrogen-bond acceptors (Lipinski definition) is 3. The average molecular weight is 299 g/mol. The van der Waals surface area contributed by atoms with E-state index in [9.17, 15) is 14.4 Å². The molecule has 0 radical (unpaired) electrons. The molecule has 1 aliphatic heterocycles. The molecule has 0 aliphatic carbocycles. The maximum absolute atomic E-state index is 12.1. The van der Waals surface area contributed by atoms with Crippen molar-refractivity contribution in [3.05, 3.63) is 0 Å². The fourth-order valence-corrected chi connectivity index (χ4v) is 2.79. The molecule has 7 nitrogen and oxygen atoms in total. The second-order valence-corrected chi connectivity index (χ2v) is 6.03. The normalized spacial score (nSPS) is 19.6. The van der Waals surface area contributed by atoms with Crippen LogP contribution in [0.1, 0.15) is 39.5 Å². The van der Waals surface area contributed by atoms with Crippen molar-refractivity contribution in [2.45, 2.75) is 45.6 Å². The topological polar surface area (TPSA) is 113 Å². The number of carbonyl (C=O) groups is 3. The highest BCUT2D eigenvalue weighted by Gasteiger charge is 2.32. The standard InChI is InChI=1S/C14H25N3O4/c1-9(2)6-10(7-12(18)19)8-16-14(21)17-5-3-4-11(17)13(15)20/h9-11H,3-8H2,1-2H3,(H2,15,20)(H,16,21)(H,18,19)/t10-,11?/m0/s1. The molecule has 0 aromatic carbocycles. The van der Waals surface area contributed by atoms with Gasteiger partial charge in [0.2, 0.25) is 5.91 Å². The largest absolute Gasteiger partial charge is 0.481 e. The molecular formula is C14H25N3O4. The van der Waals surface area contributed by atoms with Gasteiger partial charge in [0.15, 0.2) is 0 Å². The summed E-state index contributed by atoms with van der Waals surface area (Å²) in [7, 11) is 0. The average Bonchev–Trinajstić information content (AvgIpc) is 2.83. The molecule has 0 saturated carbocycles. The molecule has 1 heterocycles. The molecule has 120 valence electrons. The van der Waals surface area contributed by atoms with Gasteiger partial charge in [-0.25, -0.2) is 4.79 Å². The quantitative estimate of drug-likeness (QED) is 0.644. The molecule has 3 amide bonds. The van der Waals surface area contributed by atoms with E-state index in [1.54, 1.807) is 0 Å². The minimum Gasteiger partial charge on any atom is -0.481 e. The molecule has 4 N–H and O–H groups in total. The van der Waals surface area contributed by atoms with Crippen molar-refractivity contribution in [1.29, 1.82) is 0 Å². The number of amides is 3. The Morgan fingerprint density at radius 2 is 2.05 bits per heavy atom. The Hall–Kier alpha value is -1.79. The van der Waals surface area contributed by atoms with Crippen LogP contribution in [0.5, 0.6) is 0 Å². The van der Waals surface area contributed by atoms with Crippen molar-refractivity contribution in [2.24, 2.45) is 17.6 Å². The van der Waals surface area contributed by atoms with E-state index in [1.807, 2.05) is 13.8 Å². The Bertz CT molecular complexity index is 398. The smallest absolute Gasteiger partial charge is 0.318 e. The monoisotopic (exact) mass is 299 g/mol. The van der Waals surface area contributed by atoms with Crippen LogP contribution in [0.3, 0.4) is 0 Å². The van der Waals surface area contributed by atoms with Crippen LogP contribution in [0.2, 0.25) is 0 Å². The summed E-state index contributed by atoms with van der Waals surface area (Å²) >= 11 is 0. The van der Waals surface area contributed by atoms with Crippen molar-refractivity contribution in [3.8, 4) is 0 Å². The number of carbonyl (C=O) groups excluding carboxylic acids is 2. The first-order chi connectivity index (χ1) is 9.81. The van der Waals surface area contributed by atoms with Crippen LogP contribution in [-0.2, 0) is 9.59 Å². The predicted molar refractivity (Wildman–Crippen MR) is 77.5 cm³/mol. The summed E-state index contributed by atoms with van der Waals surface area (Å²) in [4.78, 5) is 35.7. The first kappa shape index (κ1) is 17.3. The van der Waals surface area contributed by atoms with Crippen LogP contribution < -0.4 is 11.1 Å². The SMILES string of the molecule is CC(C)C[C@H](CNC(=O)N1CCCC1C(N)=O)CC(=O)O. The number of likely N-dealkylation sites (tertiary alicyclic amines) is 1. The summed E-state index contributed by atoms with van der Waals surface area (Å²) in [6, 6.07) is -0.886. The predicted octanol–water partition coefficient (Wildman–Crippen LogP) is 0.783. The van der Waals surface area contributed by atoms with Crippen LogP contribution in [-0.4, -0.2) is 47.0 Å². The number of nitrogens with one attached hydrogen (secondary N) is 1. The molecule has 0 spiro atoms. The van der Waals surface area contributed by atoms with E-state index >= 15 is 0 Å². The first-order valence-electron chi connectivity index (χ1n) is 7.36. The third-order valence-corrected chi connectivity index (χ3v) is 3.65. The number of carboxylic acid groups (broad SMARTS) is 1. The van der Waals surface area contributed by atoms with Gasteiger partial charge in [-0.3, -0.25) is 9.59 Å². The maximum Gasteiger partial charge on any atom is 0.318 e.